The molecular formula is C24H21FN2O3. The van der Waals surface area contributed by atoms with E-state index in [1.54, 1.807) is 41.3 Å². The maximum absolute atomic E-state index is 13.7. The lowest BCUT2D eigenvalue weighted by molar-refractivity contribution is -0.132. The Morgan fingerprint density at radius 1 is 0.867 bits per heavy atom. The van der Waals surface area contributed by atoms with Gasteiger partial charge in [-0.15, -0.1) is 0 Å². The second kappa shape index (κ2) is 7.20. The molecule has 152 valence electrons. The van der Waals surface area contributed by atoms with E-state index in [1.807, 2.05) is 6.08 Å². The molecule has 5 nitrogen and oxygen atoms in total. The third-order valence-electron chi connectivity index (χ3n) is 6.03. The normalized spacial score (nSPS) is 21.6. The first-order valence-electron chi connectivity index (χ1n) is 10.3. The minimum Gasteiger partial charge on any atom is -0.310 e. The van der Waals surface area contributed by atoms with E-state index in [-0.39, 0.29) is 11.7 Å². The van der Waals surface area contributed by atoms with Gasteiger partial charge >= 0.3 is 0 Å². The van der Waals surface area contributed by atoms with E-state index in [4.69, 9.17) is 0 Å². The topological polar surface area (TPSA) is 57.7 Å². The Kier molecular flexibility index (Phi) is 4.50. The number of hydrogen-bond donors (Lipinski definition) is 0. The summed E-state index contributed by atoms with van der Waals surface area (Å²) >= 11 is 0. The van der Waals surface area contributed by atoms with Gasteiger partial charge in [0.15, 0.2) is 0 Å². The number of carbonyl (C=O) groups excluding carboxylic acids is 3. The van der Waals surface area contributed by atoms with Crippen molar-refractivity contribution in [1.29, 1.82) is 0 Å². The number of fused-ring (bicyclic) bond motifs is 1. The zero-order chi connectivity index (χ0) is 20.8. The van der Waals surface area contributed by atoms with Crippen LogP contribution < -0.4 is 0 Å². The molecule has 3 amide bonds. The fourth-order valence-corrected chi connectivity index (χ4v) is 4.28. The lowest BCUT2D eigenvalue weighted by Gasteiger charge is -2.31. The highest BCUT2D eigenvalue weighted by molar-refractivity contribution is 6.23. The predicted molar refractivity (Wildman–Crippen MR) is 109 cm³/mol. The molecule has 1 aliphatic carbocycles. The van der Waals surface area contributed by atoms with Gasteiger partial charge in [-0.1, -0.05) is 18.2 Å². The van der Waals surface area contributed by atoms with E-state index in [1.165, 1.54) is 12.1 Å². The summed E-state index contributed by atoms with van der Waals surface area (Å²) in [6, 6.07) is 11.9. The van der Waals surface area contributed by atoms with Crippen LogP contribution in [0.15, 0.2) is 54.6 Å². The van der Waals surface area contributed by atoms with Crippen LogP contribution in [0.2, 0.25) is 0 Å². The summed E-state index contributed by atoms with van der Waals surface area (Å²) < 4.78 is 13.4. The van der Waals surface area contributed by atoms with Crippen molar-refractivity contribution in [3.05, 3.63) is 77.1 Å². The van der Waals surface area contributed by atoms with E-state index < -0.39 is 17.9 Å². The summed E-state index contributed by atoms with van der Waals surface area (Å²) in [4.78, 5) is 42.4. The highest BCUT2D eigenvalue weighted by Crippen LogP contribution is 2.36. The molecule has 1 fully saturated rings. The number of nitrogens with zero attached hydrogens (tertiary/aromatic N) is 2. The number of rotatable bonds is 4. The van der Waals surface area contributed by atoms with Crippen molar-refractivity contribution in [2.24, 2.45) is 5.92 Å². The Bertz CT molecular complexity index is 1040. The van der Waals surface area contributed by atoms with Gasteiger partial charge in [-0.3, -0.25) is 19.3 Å². The van der Waals surface area contributed by atoms with Crippen LogP contribution in [0.4, 0.5) is 4.39 Å². The van der Waals surface area contributed by atoms with Crippen LogP contribution in [-0.4, -0.2) is 40.1 Å². The fraction of sp³-hybridized carbons (Fsp3) is 0.292. The van der Waals surface area contributed by atoms with Crippen molar-refractivity contribution in [2.75, 3.05) is 6.54 Å². The lowest BCUT2D eigenvalue weighted by atomic mass is 10.1. The zero-order valence-electron chi connectivity index (χ0n) is 16.4. The van der Waals surface area contributed by atoms with Crippen molar-refractivity contribution in [1.82, 2.24) is 9.80 Å². The van der Waals surface area contributed by atoms with Gasteiger partial charge in [0, 0.05) is 12.2 Å². The molecule has 1 atom stereocenters. The molecule has 0 radical (unpaired) electrons. The van der Waals surface area contributed by atoms with Gasteiger partial charge in [0.1, 0.15) is 11.9 Å². The van der Waals surface area contributed by atoms with E-state index in [2.05, 4.69) is 0 Å². The number of carbonyl (C=O) groups is 3. The molecule has 2 aliphatic heterocycles. The van der Waals surface area contributed by atoms with Crippen LogP contribution in [0.25, 0.3) is 5.70 Å². The largest absolute Gasteiger partial charge is 0.310 e. The second-order valence-corrected chi connectivity index (χ2v) is 8.11. The van der Waals surface area contributed by atoms with Gasteiger partial charge in [0.05, 0.1) is 11.1 Å². The Labute approximate surface area is 173 Å². The highest BCUT2D eigenvalue weighted by atomic mass is 19.1. The van der Waals surface area contributed by atoms with Crippen molar-refractivity contribution in [3.8, 4) is 0 Å². The van der Waals surface area contributed by atoms with Crippen LogP contribution in [0.5, 0.6) is 0 Å². The molecule has 3 aliphatic rings. The summed E-state index contributed by atoms with van der Waals surface area (Å²) in [6.45, 7) is 0.543. The van der Waals surface area contributed by atoms with Gasteiger partial charge in [0.25, 0.3) is 11.8 Å². The number of benzene rings is 2. The maximum atomic E-state index is 13.7. The van der Waals surface area contributed by atoms with E-state index in [0.29, 0.717) is 36.4 Å². The van der Waals surface area contributed by atoms with E-state index in [9.17, 15) is 18.8 Å². The highest BCUT2D eigenvalue weighted by Gasteiger charge is 2.45. The monoisotopic (exact) mass is 404 g/mol. The van der Waals surface area contributed by atoms with Gasteiger partial charge < -0.3 is 4.90 Å². The molecule has 30 heavy (non-hydrogen) atoms. The fourth-order valence-electron chi connectivity index (χ4n) is 4.28. The van der Waals surface area contributed by atoms with E-state index in [0.717, 1.165) is 29.0 Å². The molecule has 0 spiro atoms. The SMILES string of the molecule is O=C1[C@@H](N2C(=O)c3ccccc3C2=O)CCC=C(c2ccc(F)cc2)N1CC1CC1. The summed E-state index contributed by atoms with van der Waals surface area (Å²) in [7, 11) is 0. The predicted octanol–water partition coefficient (Wildman–Crippen LogP) is 3.86. The molecule has 0 saturated heterocycles. The van der Waals surface area contributed by atoms with Gasteiger partial charge in [-0.05, 0) is 73.6 Å². The van der Waals surface area contributed by atoms with Crippen LogP contribution in [0.3, 0.4) is 0 Å². The Morgan fingerprint density at radius 3 is 2.10 bits per heavy atom. The standard InChI is InChI=1S/C24H21FN2O3/c25-17-12-10-16(11-13-17)20-6-3-7-21(24(30)26(20)14-15-8-9-15)27-22(28)18-4-1-2-5-19(18)23(27)29/h1-2,4-6,10-13,15,21H,3,7-9,14H2/t21-/m0/s1. The molecular weight excluding hydrogens is 383 g/mol. The molecule has 0 aromatic heterocycles. The van der Waals surface area contributed by atoms with Gasteiger partial charge in [-0.25, -0.2) is 4.39 Å². The zero-order valence-corrected chi connectivity index (χ0v) is 16.4. The minimum atomic E-state index is -0.842. The molecule has 0 N–H and O–H groups in total. The van der Waals surface area contributed by atoms with Crippen LogP contribution in [0, 0.1) is 11.7 Å². The van der Waals surface area contributed by atoms with Crippen molar-refractivity contribution in [2.45, 2.75) is 31.7 Å². The smallest absolute Gasteiger partial charge is 0.262 e. The second-order valence-electron chi connectivity index (χ2n) is 8.11. The summed E-state index contributed by atoms with van der Waals surface area (Å²) in [6.07, 6.45) is 4.98. The molecule has 2 heterocycles. The third-order valence-corrected chi connectivity index (χ3v) is 6.03. The van der Waals surface area contributed by atoms with Crippen molar-refractivity contribution < 1.29 is 18.8 Å². The van der Waals surface area contributed by atoms with Crippen LogP contribution >= 0.6 is 0 Å². The molecule has 0 unspecified atom stereocenters. The summed E-state index contributed by atoms with van der Waals surface area (Å²) in [5.74, 6) is -0.990. The third kappa shape index (κ3) is 3.12. The first-order chi connectivity index (χ1) is 14.5. The number of halogens is 1. The summed E-state index contributed by atoms with van der Waals surface area (Å²) in [5.41, 5.74) is 2.18. The average molecular weight is 404 g/mol. The van der Waals surface area contributed by atoms with Crippen LogP contribution in [-0.2, 0) is 4.79 Å². The summed E-state index contributed by atoms with van der Waals surface area (Å²) in [5, 5.41) is 0. The molecule has 2 aromatic carbocycles. The lowest BCUT2D eigenvalue weighted by Crippen LogP contribution is -2.50. The molecule has 0 bridgehead atoms. The van der Waals surface area contributed by atoms with Gasteiger partial charge in [0.2, 0.25) is 5.91 Å². The molecule has 6 heteroatoms. The Hall–Kier alpha value is -3.28. The van der Waals surface area contributed by atoms with Crippen molar-refractivity contribution in [3.63, 3.8) is 0 Å². The minimum absolute atomic E-state index is 0.246. The first-order valence-corrected chi connectivity index (χ1v) is 10.3. The molecule has 2 aromatic rings. The quantitative estimate of drug-likeness (QED) is 0.727. The Balaban J connectivity index is 1.49. The van der Waals surface area contributed by atoms with E-state index >= 15 is 0 Å². The Morgan fingerprint density at radius 2 is 1.50 bits per heavy atom. The maximum Gasteiger partial charge on any atom is 0.262 e. The molecule has 5 rings (SSSR count). The number of amides is 3. The first kappa shape index (κ1) is 18.7. The average Bonchev–Trinajstić information content (AvgIpc) is 3.56. The van der Waals surface area contributed by atoms with Gasteiger partial charge in [-0.2, -0.15) is 0 Å². The van der Waals surface area contributed by atoms with Crippen molar-refractivity contribution >= 4 is 23.4 Å². The number of hydrogen-bond acceptors (Lipinski definition) is 3. The molecule has 1 saturated carbocycles. The number of allylic oxidation sites excluding steroid dienone is 1. The van der Waals surface area contributed by atoms with Crippen LogP contribution in [0.1, 0.15) is 52.0 Å². The number of imide groups is 1.